The Kier molecular flexibility index (Phi) is 6.46. The fraction of sp³-hybridized carbons (Fsp3) is 0.381. The van der Waals surface area contributed by atoms with Crippen molar-refractivity contribution in [2.45, 2.75) is 43.6 Å². The minimum atomic E-state index is -3.42. The Labute approximate surface area is 165 Å². The third-order valence-electron chi connectivity index (χ3n) is 4.89. The highest BCUT2D eigenvalue weighted by atomic mass is 32.2. The number of esters is 1. The van der Waals surface area contributed by atoms with Crippen LogP contribution in [0.4, 0.5) is 4.39 Å². The van der Waals surface area contributed by atoms with Crippen LogP contribution in [-0.2, 0) is 26.0 Å². The first-order valence-electron chi connectivity index (χ1n) is 9.40. The van der Waals surface area contributed by atoms with Gasteiger partial charge >= 0.3 is 5.97 Å². The minimum Gasteiger partial charge on any atom is -0.458 e. The van der Waals surface area contributed by atoms with E-state index in [-0.39, 0.29) is 23.1 Å². The molecule has 3 rings (SSSR count). The van der Waals surface area contributed by atoms with Gasteiger partial charge in [-0.05, 0) is 61.6 Å². The van der Waals surface area contributed by atoms with Crippen LogP contribution >= 0.6 is 0 Å². The van der Waals surface area contributed by atoms with Gasteiger partial charge in [0.1, 0.15) is 11.9 Å². The van der Waals surface area contributed by atoms with Crippen LogP contribution in [0, 0.1) is 5.82 Å². The summed E-state index contributed by atoms with van der Waals surface area (Å²) in [5.74, 6) is -0.692. The van der Waals surface area contributed by atoms with Gasteiger partial charge in [-0.3, -0.25) is 4.79 Å². The Balaban J connectivity index is 1.53. The molecule has 0 amide bonds. The molecule has 1 saturated heterocycles. The van der Waals surface area contributed by atoms with E-state index in [1.807, 2.05) is 0 Å². The summed E-state index contributed by atoms with van der Waals surface area (Å²) < 4.78 is 44.9. The minimum absolute atomic E-state index is 0.184. The monoisotopic (exact) mass is 405 g/mol. The number of aryl methyl sites for hydroxylation is 1. The number of halogens is 1. The summed E-state index contributed by atoms with van der Waals surface area (Å²) in [6, 6.07) is 12.5. The number of hydrogen-bond donors (Lipinski definition) is 0. The van der Waals surface area contributed by atoms with Gasteiger partial charge in [-0.15, -0.1) is 0 Å². The van der Waals surface area contributed by atoms with Gasteiger partial charge in [0.05, 0.1) is 4.90 Å². The molecular formula is C21H24FNO4S. The molecule has 28 heavy (non-hydrogen) atoms. The van der Waals surface area contributed by atoms with Crippen molar-refractivity contribution >= 4 is 16.0 Å². The number of ether oxygens (including phenoxy) is 1. The van der Waals surface area contributed by atoms with Crippen molar-refractivity contribution in [2.24, 2.45) is 0 Å². The third kappa shape index (κ3) is 4.97. The molecule has 1 unspecified atom stereocenters. The molecule has 0 radical (unpaired) electrons. The van der Waals surface area contributed by atoms with Gasteiger partial charge in [-0.2, -0.15) is 4.31 Å². The molecule has 2 aromatic carbocycles. The Hall–Kier alpha value is -2.25. The molecule has 0 aliphatic carbocycles. The van der Waals surface area contributed by atoms with E-state index in [9.17, 15) is 17.6 Å². The van der Waals surface area contributed by atoms with E-state index >= 15 is 0 Å². The number of hydrogen-bond acceptors (Lipinski definition) is 4. The Bertz CT molecular complexity index is 904. The van der Waals surface area contributed by atoms with Crippen LogP contribution in [0.5, 0.6) is 0 Å². The van der Waals surface area contributed by atoms with Crippen LogP contribution in [-0.4, -0.2) is 31.8 Å². The summed E-state index contributed by atoms with van der Waals surface area (Å²) in [5, 5.41) is 0. The van der Waals surface area contributed by atoms with E-state index in [4.69, 9.17) is 4.74 Å². The molecule has 1 aliphatic heterocycles. The maximum Gasteiger partial charge on any atom is 0.306 e. The molecule has 0 saturated carbocycles. The highest BCUT2D eigenvalue weighted by Crippen LogP contribution is 2.22. The van der Waals surface area contributed by atoms with Crippen molar-refractivity contribution in [3.05, 3.63) is 65.5 Å². The Morgan fingerprint density at radius 2 is 1.68 bits per heavy atom. The van der Waals surface area contributed by atoms with Gasteiger partial charge in [0.25, 0.3) is 0 Å². The van der Waals surface area contributed by atoms with E-state index < -0.39 is 16.1 Å². The van der Waals surface area contributed by atoms with Crippen LogP contribution in [0.25, 0.3) is 0 Å². The molecule has 0 aromatic heterocycles. The zero-order valence-electron chi connectivity index (χ0n) is 15.8. The van der Waals surface area contributed by atoms with Crippen molar-refractivity contribution < 1.29 is 22.3 Å². The number of sulfonamides is 1. The van der Waals surface area contributed by atoms with Crippen molar-refractivity contribution in [1.29, 1.82) is 0 Å². The number of rotatable bonds is 7. The molecule has 0 spiro atoms. The number of benzene rings is 2. The normalized spacial score (nSPS) is 16.1. The first-order valence-corrected chi connectivity index (χ1v) is 10.8. The van der Waals surface area contributed by atoms with E-state index in [1.54, 1.807) is 43.3 Å². The van der Waals surface area contributed by atoms with Crippen molar-refractivity contribution in [2.75, 3.05) is 13.1 Å². The first kappa shape index (κ1) is 20.5. The predicted octanol–water partition coefficient (Wildman–Crippen LogP) is 3.85. The second-order valence-electron chi connectivity index (χ2n) is 6.94. The standard InChI is InChI=1S/C21H24FNO4S/c1-16(18-7-9-19(22)10-8-18)27-21(24)13-6-17-4-11-20(12-5-17)28(25,26)23-14-2-3-15-23/h4-5,7-12,16H,2-3,6,13-15H2,1H3. The van der Waals surface area contributed by atoms with E-state index in [0.29, 0.717) is 19.5 Å². The largest absolute Gasteiger partial charge is 0.458 e. The highest BCUT2D eigenvalue weighted by molar-refractivity contribution is 7.89. The van der Waals surface area contributed by atoms with Crippen LogP contribution in [0.1, 0.15) is 43.4 Å². The molecule has 0 bridgehead atoms. The zero-order chi connectivity index (χ0) is 20.1. The van der Waals surface area contributed by atoms with Gasteiger partial charge in [0, 0.05) is 19.5 Å². The zero-order valence-corrected chi connectivity index (χ0v) is 16.6. The third-order valence-corrected chi connectivity index (χ3v) is 6.80. The Morgan fingerprint density at radius 3 is 2.29 bits per heavy atom. The summed E-state index contributed by atoms with van der Waals surface area (Å²) in [7, 11) is -3.42. The average Bonchev–Trinajstić information content (AvgIpc) is 3.23. The summed E-state index contributed by atoms with van der Waals surface area (Å²) in [5.41, 5.74) is 1.60. The maximum absolute atomic E-state index is 13.0. The maximum atomic E-state index is 13.0. The summed E-state index contributed by atoms with van der Waals surface area (Å²) in [6.45, 7) is 2.88. The summed E-state index contributed by atoms with van der Waals surface area (Å²) >= 11 is 0. The second-order valence-corrected chi connectivity index (χ2v) is 8.88. The molecule has 5 nitrogen and oxygen atoms in total. The van der Waals surface area contributed by atoms with Crippen LogP contribution in [0.15, 0.2) is 53.4 Å². The fourth-order valence-electron chi connectivity index (χ4n) is 3.21. The average molecular weight is 405 g/mol. The van der Waals surface area contributed by atoms with Crippen molar-refractivity contribution in [3.63, 3.8) is 0 Å². The first-order chi connectivity index (χ1) is 13.4. The van der Waals surface area contributed by atoms with Gasteiger partial charge < -0.3 is 4.74 Å². The Morgan fingerprint density at radius 1 is 1.07 bits per heavy atom. The lowest BCUT2D eigenvalue weighted by molar-refractivity contribution is -0.148. The summed E-state index contributed by atoms with van der Waals surface area (Å²) in [6.07, 6.45) is 1.98. The number of carbonyl (C=O) groups is 1. The lowest BCUT2D eigenvalue weighted by Crippen LogP contribution is -2.27. The van der Waals surface area contributed by atoms with E-state index in [2.05, 4.69) is 0 Å². The molecule has 1 fully saturated rings. The van der Waals surface area contributed by atoms with Crippen molar-refractivity contribution in [1.82, 2.24) is 4.31 Å². The SMILES string of the molecule is CC(OC(=O)CCc1ccc(S(=O)(=O)N2CCCC2)cc1)c1ccc(F)cc1. The van der Waals surface area contributed by atoms with Gasteiger partial charge in [-0.25, -0.2) is 12.8 Å². The quantitative estimate of drug-likeness (QED) is 0.657. The molecule has 2 aromatic rings. The molecule has 0 N–H and O–H groups in total. The van der Waals surface area contributed by atoms with Crippen LogP contribution in [0.3, 0.4) is 0 Å². The molecule has 1 heterocycles. The number of carbonyl (C=O) groups excluding carboxylic acids is 1. The van der Waals surface area contributed by atoms with Crippen LogP contribution in [0.2, 0.25) is 0 Å². The molecule has 150 valence electrons. The van der Waals surface area contributed by atoms with Crippen molar-refractivity contribution in [3.8, 4) is 0 Å². The summed E-state index contributed by atoms with van der Waals surface area (Å²) in [4.78, 5) is 12.4. The van der Waals surface area contributed by atoms with Gasteiger partial charge in [0.15, 0.2) is 0 Å². The molecule has 1 aliphatic rings. The topological polar surface area (TPSA) is 63.7 Å². The van der Waals surface area contributed by atoms with Gasteiger partial charge in [0.2, 0.25) is 10.0 Å². The van der Waals surface area contributed by atoms with E-state index in [0.717, 1.165) is 24.0 Å². The molecule has 1 atom stereocenters. The van der Waals surface area contributed by atoms with E-state index in [1.165, 1.54) is 16.4 Å². The smallest absolute Gasteiger partial charge is 0.306 e. The van der Waals surface area contributed by atoms with Crippen LogP contribution < -0.4 is 0 Å². The molecule has 7 heteroatoms. The second kappa shape index (κ2) is 8.84. The number of nitrogens with zero attached hydrogens (tertiary/aromatic N) is 1. The molecular weight excluding hydrogens is 381 g/mol. The van der Waals surface area contributed by atoms with Gasteiger partial charge in [-0.1, -0.05) is 24.3 Å². The highest BCUT2D eigenvalue weighted by Gasteiger charge is 2.26. The predicted molar refractivity (Wildman–Crippen MR) is 104 cm³/mol. The lowest BCUT2D eigenvalue weighted by Gasteiger charge is -2.16. The lowest BCUT2D eigenvalue weighted by atomic mass is 10.1. The fourth-order valence-corrected chi connectivity index (χ4v) is 4.73.